The van der Waals surface area contributed by atoms with E-state index >= 15 is 0 Å². The van der Waals surface area contributed by atoms with Crippen LogP contribution in [-0.4, -0.2) is 41.3 Å². The van der Waals surface area contributed by atoms with Crippen molar-refractivity contribution in [3.05, 3.63) is 59.7 Å². The van der Waals surface area contributed by atoms with E-state index in [1.54, 1.807) is 7.11 Å². The average Bonchev–Trinajstić information content (AvgIpc) is 3.50. The molecule has 1 saturated heterocycles. The van der Waals surface area contributed by atoms with Gasteiger partial charge in [-0.15, -0.1) is 0 Å². The fraction of sp³-hybridized carbons (Fsp3) is 0.296. The third-order valence-corrected chi connectivity index (χ3v) is 8.17. The second-order valence-electron chi connectivity index (χ2n) is 9.57. The van der Waals surface area contributed by atoms with Gasteiger partial charge in [0, 0.05) is 47.7 Å². The first-order valence-corrected chi connectivity index (χ1v) is 11.9. The number of rotatable bonds is 2. The first-order valence-electron chi connectivity index (χ1n) is 11.9. The number of para-hydroxylation sites is 2. The van der Waals surface area contributed by atoms with Crippen LogP contribution in [0.1, 0.15) is 34.8 Å². The predicted molar refractivity (Wildman–Crippen MR) is 131 cm³/mol. The van der Waals surface area contributed by atoms with E-state index in [1.807, 2.05) is 7.05 Å². The maximum atomic E-state index is 13.3. The topological polar surface area (TPSA) is 69.5 Å². The molecule has 0 unspecified atom stereocenters. The summed E-state index contributed by atoms with van der Waals surface area (Å²) >= 11 is 0. The molecule has 3 aliphatic heterocycles. The number of aromatic nitrogens is 2. The SMILES string of the molecule is CN[C@H]1C[C@@H]2O[C@H]([C@H]1OC)n1c3ccccc3c3c4c(c5c6ccccc6n2c5c31)C(=O)NC4. The molecule has 1 amide bonds. The highest BCUT2D eigenvalue weighted by atomic mass is 16.6. The maximum absolute atomic E-state index is 13.3. The molecule has 7 heteroatoms. The lowest BCUT2D eigenvalue weighted by atomic mass is 9.97. The zero-order chi connectivity index (χ0) is 22.7. The number of nitrogens with one attached hydrogen (secondary N) is 2. The molecule has 2 aromatic heterocycles. The lowest BCUT2D eigenvalue weighted by molar-refractivity contribution is -0.192. The summed E-state index contributed by atoms with van der Waals surface area (Å²) in [4.78, 5) is 13.3. The van der Waals surface area contributed by atoms with E-state index in [-0.39, 0.29) is 30.5 Å². The lowest BCUT2D eigenvalue weighted by Gasteiger charge is -2.41. The van der Waals surface area contributed by atoms with Gasteiger partial charge in [0.25, 0.3) is 5.91 Å². The lowest BCUT2D eigenvalue weighted by Crippen LogP contribution is -2.50. The number of nitrogens with zero attached hydrogens (tertiary/aromatic N) is 2. The molecule has 2 bridgehead atoms. The molecule has 5 heterocycles. The van der Waals surface area contributed by atoms with Crippen molar-refractivity contribution in [2.45, 2.75) is 37.6 Å². The minimum Gasteiger partial charge on any atom is -0.375 e. The first kappa shape index (κ1) is 19.0. The Morgan fingerprint density at radius 3 is 2.41 bits per heavy atom. The van der Waals surface area contributed by atoms with Gasteiger partial charge in [0.2, 0.25) is 0 Å². The van der Waals surface area contributed by atoms with Crippen molar-refractivity contribution >= 4 is 49.5 Å². The molecule has 0 radical (unpaired) electrons. The number of fused-ring (bicyclic) bond motifs is 13. The van der Waals surface area contributed by atoms with E-state index in [4.69, 9.17) is 9.47 Å². The van der Waals surface area contributed by atoms with Crippen molar-refractivity contribution in [3.63, 3.8) is 0 Å². The summed E-state index contributed by atoms with van der Waals surface area (Å²) in [6.45, 7) is 0.538. The number of hydrogen-bond donors (Lipinski definition) is 2. The van der Waals surface area contributed by atoms with E-state index in [0.717, 1.165) is 61.2 Å². The van der Waals surface area contributed by atoms with E-state index in [1.165, 1.54) is 0 Å². The van der Waals surface area contributed by atoms with Crippen molar-refractivity contribution < 1.29 is 14.3 Å². The summed E-state index contributed by atoms with van der Waals surface area (Å²) in [5, 5.41) is 11.0. The quantitative estimate of drug-likeness (QED) is 0.422. The van der Waals surface area contributed by atoms with Crippen molar-refractivity contribution in [2.24, 2.45) is 0 Å². The van der Waals surface area contributed by atoms with Crippen LogP contribution in [0.15, 0.2) is 48.5 Å². The van der Waals surface area contributed by atoms with Crippen molar-refractivity contribution in [2.75, 3.05) is 14.2 Å². The Morgan fingerprint density at radius 1 is 1.00 bits per heavy atom. The number of benzene rings is 3. The largest absolute Gasteiger partial charge is 0.375 e. The molecule has 0 spiro atoms. The maximum Gasteiger partial charge on any atom is 0.252 e. The summed E-state index contributed by atoms with van der Waals surface area (Å²) in [6.07, 6.45) is 0.140. The number of ether oxygens (including phenoxy) is 2. The monoisotopic (exact) mass is 452 g/mol. The smallest absolute Gasteiger partial charge is 0.252 e. The highest BCUT2D eigenvalue weighted by molar-refractivity contribution is 6.30. The second-order valence-corrected chi connectivity index (χ2v) is 9.57. The first-order chi connectivity index (χ1) is 16.7. The third-order valence-electron chi connectivity index (χ3n) is 8.17. The van der Waals surface area contributed by atoms with Gasteiger partial charge in [-0.25, -0.2) is 0 Å². The molecular formula is C27H24N4O3. The van der Waals surface area contributed by atoms with Crippen LogP contribution >= 0.6 is 0 Å². The normalized spacial score (nSPS) is 25.5. The Labute approximate surface area is 195 Å². The fourth-order valence-electron chi connectivity index (χ4n) is 6.86. The van der Waals surface area contributed by atoms with Crippen molar-refractivity contribution in [1.82, 2.24) is 19.8 Å². The summed E-state index contributed by atoms with van der Waals surface area (Å²) < 4.78 is 17.6. The molecule has 4 atom stereocenters. The van der Waals surface area contributed by atoms with Crippen LogP contribution < -0.4 is 10.6 Å². The summed E-state index contributed by atoms with van der Waals surface area (Å²) in [7, 11) is 3.76. The molecule has 3 aliphatic rings. The van der Waals surface area contributed by atoms with E-state index in [0.29, 0.717) is 6.54 Å². The van der Waals surface area contributed by atoms with Gasteiger partial charge in [0.1, 0.15) is 12.3 Å². The van der Waals surface area contributed by atoms with E-state index in [9.17, 15) is 4.79 Å². The molecule has 170 valence electrons. The third kappa shape index (κ3) is 2.03. The van der Waals surface area contributed by atoms with Crippen LogP contribution in [0.4, 0.5) is 0 Å². The summed E-state index contributed by atoms with van der Waals surface area (Å²) in [5.41, 5.74) is 6.32. The highest BCUT2D eigenvalue weighted by Gasteiger charge is 2.45. The van der Waals surface area contributed by atoms with Gasteiger partial charge in [-0.3, -0.25) is 4.79 Å². The van der Waals surface area contributed by atoms with Crippen LogP contribution in [0, 0.1) is 0 Å². The van der Waals surface area contributed by atoms with Crippen molar-refractivity contribution in [1.29, 1.82) is 0 Å². The van der Waals surface area contributed by atoms with Gasteiger partial charge in [-0.1, -0.05) is 36.4 Å². The molecule has 34 heavy (non-hydrogen) atoms. The standard InChI is InChI=1S/C27H24N4O3/c1-28-16-11-19-30-17-9-5-4-8-14(17)21-22-15(12-29-26(22)32)20-13-7-3-6-10-18(13)31(23(20)24(21)30)27(34-19)25(16)33-2/h3-10,16,19,25,27-28H,11-12H2,1-2H3,(H,29,32)/t16-,19-,25-,27+/m0/s1. The van der Waals surface area contributed by atoms with Gasteiger partial charge in [-0.05, 0) is 24.7 Å². The number of likely N-dealkylation sites (N-methyl/N-ethyl adjacent to an activating group) is 1. The highest BCUT2D eigenvalue weighted by Crippen LogP contribution is 2.51. The molecular weight excluding hydrogens is 428 g/mol. The van der Waals surface area contributed by atoms with Gasteiger partial charge < -0.3 is 29.2 Å². The van der Waals surface area contributed by atoms with Crippen LogP contribution in [0.3, 0.4) is 0 Å². The van der Waals surface area contributed by atoms with E-state index < -0.39 is 0 Å². The van der Waals surface area contributed by atoms with Crippen LogP contribution in [-0.2, 0) is 16.0 Å². The zero-order valence-electron chi connectivity index (χ0n) is 19.0. The average molecular weight is 453 g/mol. The van der Waals surface area contributed by atoms with Crippen LogP contribution in [0.25, 0.3) is 43.6 Å². The second kappa shape index (κ2) is 6.39. The fourth-order valence-corrected chi connectivity index (χ4v) is 6.86. The number of hydrogen-bond acceptors (Lipinski definition) is 4. The molecule has 5 aromatic rings. The minimum atomic E-state index is -0.298. The van der Waals surface area contributed by atoms with E-state index in [2.05, 4.69) is 68.3 Å². The van der Waals surface area contributed by atoms with Gasteiger partial charge in [0.15, 0.2) is 6.23 Å². The molecule has 7 nitrogen and oxygen atoms in total. The number of amides is 1. The molecule has 8 rings (SSSR count). The van der Waals surface area contributed by atoms with Crippen molar-refractivity contribution in [3.8, 4) is 0 Å². The number of carbonyl (C=O) groups is 1. The summed E-state index contributed by atoms with van der Waals surface area (Å²) in [5.74, 6) is 0.00707. The Balaban J connectivity index is 1.70. The number of methoxy groups -OCH3 is 1. The molecule has 1 fully saturated rings. The molecule has 0 saturated carbocycles. The Morgan fingerprint density at radius 2 is 1.68 bits per heavy atom. The van der Waals surface area contributed by atoms with Crippen LogP contribution in [0.2, 0.25) is 0 Å². The van der Waals surface area contributed by atoms with Gasteiger partial charge >= 0.3 is 0 Å². The number of carbonyl (C=O) groups excluding carboxylic acids is 1. The zero-order valence-corrected chi connectivity index (χ0v) is 19.0. The predicted octanol–water partition coefficient (Wildman–Crippen LogP) is 4.18. The molecule has 0 aliphatic carbocycles. The van der Waals surface area contributed by atoms with Crippen LogP contribution in [0.5, 0.6) is 0 Å². The minimum absolute atomic E-state index is 0.00707. The molecule has 2 N–H and O–H groups in total. The summed E-state index contributed by atoms with van der Waals surface area (Å²) in [6, 6.07) is 17.0. The Hall–Kier alpha value is -3.39. The Bertz CT molecular complexity index is 1700. The van der Waals surface area contributed by atoms with Gasteiger partial charge in [-0.2, -0.15) is 0 Å². The Kier molecular flexibility index (Phi) is 3.56. The molecule has 3 aromatic carbocycles. The van der Waals surface area contributed by atoms with Gasteiger partial charge in [0.05, 0.1) is 27.6 Å².